The van der Waals surface area contributed by atoms with Gasteiger partial charge in [-0.2, -0.15) is 0 Å². The van der Waals surface area contributed by atoms with Crippen molar-refractivity contribution < 1.29 is 4.79 Å². The molecular formula is C25H31N3O. The Kier molecular flexibility index (Phi) is 5.17. The standard InChI is InChI=1S/C25H31N3O/c29-25(26-20-10-3-1-4-11-20)22-17-19-9-7-8-14-23(19)28-16-15-27(18-24(22)28)21-12-5-2-6-13-21/h2,5-9,12-14,20,22,24H,1,3-4,10-11,15-18H2,(H,26,29)/t22-,24+/m0/s1. The maximum atomic E-state index is 13.4. The van der Waals surface area contributed by atoms with E-state index >= 15 is 0 Å². The zero-order valence-electron chi connectivity index (χ0n) is 17.1. The van der Waals surface area contributed by atoms with Crippen molar-refractivity contribution in [3.63, 3.8) is 0 Å². The van der Waals surface area contributed by atoms with Crippen molar-refractivity contribution in [3.8, 4) is 0 Å². The van der Waals surface area contributed by atoms with E-state index in [2.05, 4.69) is 69.7 Å². The fourth-order valence-electron chi connectivity index (χ4n) is 5.49. The van der Waals surface area contributed by atoms with E-state index in [4.69, 9.17) is 0 Å². The van der Waals surface area contributed by atoms with Gasteiger partial charge >= 0.3 is 0 Å². The molecule has 1 saturated carbocycles. The molecule has 0 spiro atoms. The smallest absolute Gasteiger partial charge is 0.225 e. The molecule has 2 aromatic rings. The van der Waals surface area contributed by atoms with Gasteiger partial charge in [0.05, 0.1) is 12.0 Å². The van der Waals surface area contributed by atoms with Crippen LogP contribution in [0.5, 0.6) is 0 Å². The number of piperazine rings is 1. The van der Waals surface area contributed by atoms with Crippen LogP contribution >= 0.6 is 0 Å². The average Bonchev–Trinajstić information content (AvgIpc) is 2.79. The quantitative estimate of drug-likeness (QED) is 0.862. The highest BCUT2D eigenvalue weighted by atomic mass is 16.2. The number of hydrogen-bond donors (Lipinski definition) is 1. The van der Waals surface area contributed by atoms with Crippen molar-refractivity contribution in [2.24, 2.45) is 5.92 Å². The summed E-state index contributed by atoms with van der Waals surface area (Å²) < 4.78 is 0. The molecule has 29 heavy (non-hydrogen) atoms. The van der Waals surface area contributed by atoms with E-state index in [9.17, 15) is 4.79 Å². The number of anilines is 2. The highest BCUT2D eigenvalue weighted by molar-refractivity contribution is 5.82. The highest BCUT2D eigenvalue weighted by Gasteiger charge is 2.41. The van der Waals surface area contributed by atoms with Crippen molar-refractivity contribution in [3.05, 3.63) is 60.2 Å². The maximum absolute atomic E-state index is 13.4. The number of amides is 1. The first-order chi connectivity index (χ1) is 14.3. The topological polar surface area (TPSA) is 35.6 Å². The Balaban J connectivity index is 1.40. The number of benzene rings is 2. The average molecular weight is 390 g/mol. The number of carbonyl (C=O) groups is 1. The van der Waals surface area contributed by atoms with Crippen LogP contribution in [0, 0.1) is 5.92 Å². The predicted octanol–water partition coefficient (Wildman–Crippen LogP) is 4.00. The SMILES string of the molecule is O=C(NC1CCCCC1)[C@H]1Cc2ccccc2N2CCN(c3ccccc3)C[C@H]12. The maximum Gasteiger partial charge on any atom is 0.225 e. The lowest BCUT2D eigenvalue weighted by atomic mass is 9.82. The molecule has 0 aromatic heterocycles. The second kappa shape index (κ2) is 8.10. The lowest BCUT2D eigenvalue weighted by Crippen LogP contribution is -2.61. The number of nitrogens with zero attached hydrogens (tertiary/aromatic N) is 2. The number of para-hydroxylation sites is 2. The van der Waals surface area contributed by atoms with Crippen LogP contribution in [-0.4, -0.2) is 37.6 Å². The van der Waals surface area contributed by atoms with Gasteiger partial charge in [-0.15, -0.1) is 0 Å². The third-order valence-electron chi connectivity index (χ3n) is 7.03. The van der Waals surface area contributed by atoms with Crippen LogP contribution < -0.4 is 15.1 Å². The Morgan fingerprint density at radius 3 is 2.48 bits per heavy atom. The molecule has 5 rings (SSSR count). The van der Waals surface area contributed by atoms with E-state index in [1.807, 2.05) is 0 Å². The van der Waals surface area contributed by atoms with Gasteiger partial charge in [-0.1, -0.05) is 55.7 Å². The number of nitrogens with one attached hydrogen (secondary N) is 1. The molecule has 2 atom stereocenters. The molecule has 2 fully saturated rings. The van der Waals surface area contributed by atoms with Gasteiger partial charge in [-0.05, 0) is 43.0 Å². The number of hydrogen-bond acceptors (Lipinski definition) is 3. The van der Waals surface area contributed by atoms with E-state index in [0.717, 1.165) is 38.9 Å². The van der Waals surface area contributed by atoms with Crippen LogP contribution in [0.3, 0.4) is 0 Å². The van der Waals surface area contributed by atoms with Crippen LogP contribution in [0.1, 0.15) is 37.7 Å². The fourth-order valence-corrected chi connectivity index (χ4v) is 5.49. The van der Waals surface area contributed by atoms with Gasteiger partial charge in [0.2, 0.25) is 5.91 Å². The van der Waals surface area contributed by atoms with E-state index < -0.39 is 0 Å². The number of rotatable bonds is 3. The van der Waals surface area contributed by atoms with Crippen LogP contribution in [0.25, 0.3) is 0 Å². The highest BCUT2D eigenvalue weighted by Crippen LogP contribution is 2.37. The molecule has 4 heteroatoms. The summed E-state index contributed by atoms with van der Waals surface area (Å²) in [4.78, 5) is 18.4. The molecule has 0 bridgehead atoms. The molecule has 1 aliphatic carbocycles. The molecule has 2 aromatic carbocycles. The zero-order valence-corrected chi connectivity index (χ0v) is 17.1. The van der Waals surface area contributed by atoms with Gasteiger partial charge in [0.25, 0.3) is 0 Å². The first-order valence-electron chi connectivity index (χ1n) is 11.2. The summed E-state index contributed by atoms with van der Waals surface area (Å²) in [6.07, 6.45) is 6.93. The van der Waals surface area contributed by atoms with Gasteiger partial charge in [0.15, 0.2) is 0 Å². The van der Waals surface area contributed by atoms with Gasteiger partial charge in [-0.3, -0.25) is 4.79 Å². The Bertz CT molecular complexity index is 846. The molecule has 2 heterocycles. The van der Waals surface area contributed by atoms with Crippen LogP contribution in [0.2, 0.25) is 0 Å². The Hall–Kier alpha value is -2.49. The fraction of sp³-hybridized carbons (Fsp3) is 0.480. The Labute approximate surface area is 173 Å². The normalized spacial score (nSPS) is 24.6. The summed E-state index contributed by atoms with van der Waals surface area (Å²) in [5.41, 5.74) is 3.91. The minimum absolute atomic E-state index is 0.0124. The molecule has 1 N–H and O–H groups in total. The second-order valence-corrected chi connectivity index (χ2v) is 8.83. The summed E-state index contributed by atoms with van der Waals surface area (Å²) in [6, 6.07) is 19.9. The third kappa shape index (κ3) is 3.73. The molecule has 2 aliphatic heterocycles. The van der Waals surface area contributed by atoms with Crippen molar-refractivity contribution in [1.29, 1.82) is 0 Å². The van der Waals surface area contributed by atoms with Crippen molar-refractivity contribution in [1.82, 2.24) is 5.32 Å². The van der Waals surface area contributed by atoms with Crippen molar-refractivity contribution >= 4 is 17.3 Å². The summed E-state index contributed by atoms with van der Waals surface area (Å²) >= 11 is 0. The van der Waals surface area contributed by atoms with Gasteiger partial charge < -0.3 is 15.1 Å². The molecule has 0 radical (unpaired) electrons. The number of carbonyl (C=O) groups excluding carboxylic acids is 1. The van der Waals surface area contributed by atoms with Crippen LogP contribution in [0.4, 0.5) is 11.4 Å². The Morgan fingerprint density at radius 1 is 0.897 bits per heavy atom. The minimum Gasteiger partial charge on any atom is -0.368 e. The first kappa shape index (κ1) is 18.5. The minimum atomic E-state index is 0.0124. The van der Waals surface area contributed by atoms with Crippen LogP contribution in [0.15, 0.2) is 54.6 Å². The van der Waals surface area contributed by atoms with Gasteiger partial charge in [0.1, 0.15) is 0 Å². The lowest BCUT2D eigenvalue weighted by Gasteiger charge is -2.50. The van der Waals surface area contributed by atoms with E-state index in [1.165, 1.54) is 36.2 Å². The molecule has 3 aliphatic rings. The molecule has 1 saturated heterocycles. The predicted molar refractivity (Wildman–Crippen MR) is 118 cm³/mol. The van der Waals surface area contributed by atoms with Crippen molar-refractivity contribution in [2.75, 3.05) is 29.4 Å². The second-order valence-electron chi connectivity index (χ2n) is 8.83. The molecule has 4 nitrogen and oxygen atoms in total. The Morgan fingerprint density at radius 2 is 1.66 bits per heavy atom. The first-order valence-corrected chi connectivity index (χ1v) is 11.2. The summed E-state index contributed by atoms with van der Waals surface area (Å²) in [5.74, 6) is 0.273. The van der Waals surface area contributed by atoms with Crippen LogP contribution in [-0.2, 0) is 11.2 Å². The summed E-state index contributed by atoms with van der Waals surface area (Å²) in [6.45, 7) is 2.86. The zero-order chi connectivity index (χ0) is 19.6. The van der Waals surface area contributed by atoms with E-state index in [1.54, 1.807) is 0 Å². The van der Waals surface area contributed by atoms with E-state index in [-0.39, 0.29) is 17.9 Å². The van der Waals surface area contributed by atoms with E-state index in [0.29, 0.717) is 6.04 Å². The van der Waals surface area contributed by atoms with Crippen molar-refractivity contribution in [2.45, 2.75) is 50.6 Å². The molecular weight excluding hydrogens is 358 g/mol. The summed E-state index contributed by atoms with van der Waals surface area (Å²) in [7, 11) is 0. The monoisotopic (exact) mass is 389 g/mol. The summed E-state index contributed by atoms with van der Waals surface area (Å²) in [5, 5.41) is 3.42. The van der Waals surface area contributed by atoms with Gasteiger partial charge in [-0.25, -0.2) is 0 Å². The van der Waals surface area contributed by atoms with Gasteiger partial charge in [0, 0.05) is 37.1 Å². The largest absolute Gasteiger partial charge is 0.368 e. The number of fused-ring (bicyclic) bond motifs is 3. The molecule has 0 unspecified atom stereocenters. The molecule has 1 amide bonds. The third-order valence-corrected chi connectivity index (χ3v) is 7.03. The molecule has 152 valence electrons. The lowest BCUT2D eigenvalue weighted by molar-refractivity contribution is -0.126.